The molecule has 2 aromatic rings. The van der Waals surface area contributed by atoms with Gasteiger partial charge in [0, 0.05) is 23.5 Å². The van der Waals surface area contributed by atoms with Crippen molar-refractivity contribution in [2.75, 3.05) is 0 Å². The zero-order chi connectivity index (χ0) is 15.2. The Morgan fingerprint density at radius 2 is 2.05 bits per heavy atom. The van der Waals surface area contributed by atoms with Crippen LogP contribution in [-0.2, 0) is 13.0 Å². The van der Waals surface area contributed by atoms with Gasteiger partial charge in [-0.05, 0) is 31.0 Å². The van der Waals surface area contributed by atoms with E-state index in [0.29, 0.717) is 11.7 Å². The first kappa shape index (κ1) is 16.5. The summed E-state index contributed by atoms with van der Waals surface area (Å²) in [5.41, 5.74) is 2.21. The van der Waals surface area contributed by atoms with Crippen LogP contribution in [-0.4, -0.2) is 9.97 Å². The summed E-state index contributed by atoms with van der Waals surface area (Å²) in [5.74, 6) is 0.981. The minimum atomic E-state index is 0.261. The predicted molar refractivity (Wildman–Crippen MR) is 91.6 cm³/mol. The molecule has 0 bridgehead atoms. The van der Waals surface area contributed by atoms with Crippen LogP contribution in [0.15, 0.2) is 28.7 Å². The summed E-state index contributed by atoms with van der Waals surface area (Å²) in [4.78, 5) is 7.69. The molecule has 21 heavy (non-hydrogen) atoms. The Morgan fingerprint density at radius 3 is 2.71 bits per heavy atom. The van der Waals surface area contributed by atoms with Gasteiger partial charge in [0.05, 0.1) is 5.69 Å². The van der Waals surface area contributed by atoms with E-state index in [1.807, 2.05) is 0 Å². The highest BCUT2D eigenvalue weighted by Crippen LogP contribution is 2.19. The third-order valence-electron chi connectivity index (χ3n) is 3.50. The quantitative estimate of drug-likeness (QED) is 0.718. The average Bonchev–Trinajstić information content (AvgIpc) is 2.83. The number of halogens is 2. The van der Waals surface area contributed by atoms with Crippen LogP contribution in [0.1, 0.15) is 49.8 Å². The Morgan fingerprint density at radius 1 is 1.33 bits per heavy atom. The number of nitrogens with one attached hydrogen (secondary N) is 2. The molecule has 5 heteroatoms. The standard InChI is InChI=1S/C16H21BrClN3/c1-3-4-5-15-20-14(16(18)21-15)10-19-11(2)12-6-8-13(17)9-7-12/h6-9,11,19H,3-5,10H2,1-2H3,(H,20,21). The molecule has 2 rings (SSSR count). The van der Waals surface area contributed by atoms with Crippen LogP contribution < -0.4 is 5.32 Å². The third kappa shape index (κ3) is 4.83. The van der Waals surface area contributed by atoms with Gasteiger partial charge in [0.15, 0.2) is 5.15 Å². The lowest BCUT2D eigenvalue weighted by Crippen LogP contribution is -2.18. The van der Waals surface area contributed by atoms with Gasteiger partial charge in [0.1, 0.15) is 5.82 Å². The lowest BCUT2D eigenvalue weighted by atomic mass is 10.1. The van der Waals surface area contributed by atoms with Crippen LogP contribution in [0.2, 0.25) is 5.15 Å². The molecule has 0 aliphatic heterocycles. The molecule has 114 valence electrons. The fraction of sp³-hybridized carbons (Fsp3) is 0.438. The van der Waals surface area contributed by atoms with Crippen molar-refractivity contribution in [2.24, 2.45) is 0 Å². The minimum Gasteiger partial charge on any atom is -0.344 e. The predicted octanol–water partition coefficient (Wildman–Crippen LogP) is 5.02. The fourth-order valence-corrected chi connectivity index (χ4v) is 2.62. The highest BCUT2D eigenvalue weighted by molar-refractivity contribution is 9.10. The van der Waals surface area contributed by atoms with Gasteiger partial charge in [-0.1, -0.05) is 53.0 Å². The molecule has 0 saturated heterocycles. The monoisotopic (exact) mass is 369 g/mol. The van der Waals surface area contributed by atoms with E-state index in [9.17, 15) is 0 Å². The van der Waals surface area contributed by atoms with Crippen LogP contribution >= 0.6 is 27.5 Å². The summed E-state index contributed by atoms with van der Waals surface area (Å²) in [6.07, 6.45) is 3.25. The van der Waals surface area contributed by atoms with Crippen molar-refractivity contribution in [3.05, 3.63) is 51.0 Å². The van der Waals surface area contributed by atoms with Crippen molar-refractivity contribution >= 4 is 27.5 Å². The molecular weight excluding hydrogens is 350 g/mol. The van der Waals surface area contributed by atoms with E-state index in [2.05, 4.69) is 69.3 Å². The van der Waals surface area contributed by atoms with Crippen molar-refractivity contribution in [3.8, 4) is 0 Å². The van der Waals surface area contributed by atoms with Gasteiger partial charge in [0.2, 0.25) is 0 Å². The van der Waals surface area contributed by atoms with Gasteiger partial charge in [0.25, 0.3) is 0 Å². The number of unbranched alkanes of at least 4 members (excludes halogenated alkanes) is 1. The lowest BCUT2D eigenvalue weighted by Gasteiger charge is -2.13. The third-order valence-corrected chi connectivity index (χ3v) is 4.34. The maximum atomic E-state index is 6.19. The SMILES string of the molecule is CCCCc1nc(Cl)c(CNC(C)c2ccc(Br)cc2)[nH]1. The van der Waals surface area contributed by atoms with Gasteiger partial charge in [-0.3, -0.25) is 0 Å². The number of aromatic amines is 1. The Balaban J connectivity index is 1.93. The van der Waals surface area contributed by atoms with Crippen molar-refractivity contribution in [3.63, 3.8) is 0 Å². The summed E-state index contributed by atoms with van der Waals surface area (Å²) in [6, 6.07) is 8.60. The topological polar surface area (TPSA) is 40.7 Å². The average molecular weight is 371 g/mol. The first-order valence-electron chi connectivity index (χ1n) is 7.32. The molecule has 1 unspecified atom stereocenters. The molecular formula is C16H21BrClN3. The zero-order valence-electron chi connectivity index (χ0n) is 12.4. The molecule has 2 N–H and O–H groups in total. The number of benzene rings is 1. The number of nitrogens with zero attached hydrogens (tertiary/aromatic N) is 1. The molecule has 0 aliphatic rings. The van der Waals surface area contributed by atoms with E-state index in [4.69, 9.17) is 11.6 Å². The first-order chi connectivity index (χ1) is 10.1. The van der Waals surface area contributed by atoms with Crippen LogP contribution in [0.4, 0.5) is 0 Å². The summed E-state index contributed by atoms with van der Waals surface area (Å²) < 4.78 is 1.09. The molecule has 0 amide bonds. The van der Waals surface area contributed by atoms with E-state index < -0.39 is 0 Å². The van der Waals surface area contributed by atoms with E-state index in [0.717, 1.165) is 35.3 Å². The van der Waals surface area contributed by atoms with E-state index in [-0.39, 0.29) is 6.04 Å². The van der Waals surface area contributed by atoms with Crippen molar-refractivity contribution < 1.29 is 0 Å². The molecule has 3 nitrogen and oxygen atoms in total. The Bertz CT molecular complexity index is 565. The summed E-state index contributed by atoms with van der Waals surface area (Å²) in [6.45, 7) is 5.01. The van der Waals surface area contributed by atoms with Crippen molar-refractivity contribution in [2.45, 2.75) is 45.7 Å². The molecule has 1 aromatic heterocycles. The Kier molecular flexibility index (Phi) is 6.27. The minimum absolute atomic E-state index is 0.261. The Hall–Kier alpha value is -0.840. The molecule has 0 aliphatic carbocycles. The number of hydrogen-bond donors (Lipinski definition) is 2. The lowest BCUT2D eigenvalue weighted by molar-refractivity contribution is 0.568. The van der Waals surface area contributed by atoms with Gasteiger partial charge in [-0.25, -0.2) is 4.98 Å². The number of rotatable bonds is 7. The van der Waals surface area contributed by atoms with Crippen LogP contribution in [0.25, 0.3) is 0 Å². The second kappa shape index (κ2) is 7.97. The van der Waals surface area contributed by atoms with E-state index >= 15 is 0 Å². The molecule has 0 saturated carbocycles. The summed E-state index contributed by atoms with van der Waals surface area (Å²) >= 11 is 9.64. The van der Waals surface area contributed by atoms with Gasteiger partial charge in [-0.15, -0.1) is 0 Å². The zero-order valence-corrected chi connectivity index (χ0v) is 14.8. The number of aryl methyl sites for hydroxylation is 1. The highest BCUT2D eigenvalue weighted by Gasteiger charge is 2.10. The fourth-order valence-electron chi connectivity index (χ4n) is 2.14. The maximum absolute atomic E-state index is 6.19. The van der Waals surface area contributed by atoms with Gasteiger partial charge < -0.3 is 10.3 Å². The van der Waals surface area contributed by atoms with Crippen LogP contribution in [0.5, 0.6) is 0 Å². The second-order valence-electron chi connectivity index (χ2n) is 5.21. The number of hydrogen-bond acceptors (Lipinski definition) is 2. The maximum Gasteiger partial charge on any atom is 0.151 e. The van der Waals surface area contributed by atoms with Gasteiger partial charge in [-0.2, -0.15) is 0 Å². The first-order valence-corrected chi connectivity index (χ1v) is 8.49. The molecule has 1 aromatic carbocycles. The van der Waals surface area contributed by atoms with E-state index in [1.54, 1.807) is 0 Å². The molecule has 1 atom stereocenters. The van der Waals surface area contributed by atoms with Gasteiger partial charge >= 0.3 is 0 Å². The highest BCUT2D eigenvalue weighted by atomic mass is 79.9. The van der Waals surface area contributed by atoms with E-state index in [1.165, 1.54) is 5.56 Å². The molecule has 1 heterocycles. The number of H-pyrrole nitrogens is 1. The molecule has 0 fully saturated rings. The van der Waals surface area contributed by atoms with Crippen LogP contribution in [0, 0.1) is 0 Å². The smallest absolute Gasteiger partial charge is 0.151 e. The summed E-state index contributed by atoms with van der Waals surface area (Å²) in [7, 11) is 0. The van der Waals surface area contributed by atoms with Crippen molar-refractivity contribution in [1.29, 1.82) is 0 Å². The molecule has 0 spiro atoms. The summed E-state index contributed by atoms with van der Waals surface area (Å²) in [5, 5.41) is 4.05. The number of imidazole rings is 1. The van der Waals surface area contributed by atoms with Crippen LogP contribution in [0.3, 0.4) is 0 Å². The molecule has 0 radical (unpaired) electrons. The number of aromatic nitrogens is 2. The van der Waals surface area contributed by atoms with Crippen molar-refractivity contribution in [1.82, 2.24) is 15.3 Å². The second-order valence-corrected chi connectivity index (χ2v) is 6.48. The largest absolute Gasteiger partial charge is 0.344 e. The normalized spacial score (nSPS) is 12.6. The Labute approximate surface area is 139 Å².